The van der Waals surface area contributed by atoms with Crippen molar-refractivity contribution < 1.29 is 9.53 Å². The van der Waals surface area contributed by atoms with Crippen LogP contribution in [0, 0.1) is 0 Å². The van der Waals surface area contributed by atoms with Gasteiger partial charge in [-0.3, -0.25) is 9.48 Å². The molecule has 4 rings (SSSR count). The number of aryl methyl sites for hydroxylation is 1. The number of carbonyl (C=O) groups is 1. The van der Waals surface area contributed by atoms with Crippen LogP contribution in [-0.4, -0.2) is 46.3 Å². The Bertz CT molecular complexity index is 787. The lowest BCUT2D eigenvalue weighted by Gasteiger charge is -2.41. The summed E-state index contributed by atoms with van der Waals surface area (Å²) in [7, 11) is 1.89. The second kappa shape index (κ2) is 6.28. The number of ether oxygens (including phenoxy) is 1. The first-order valence-electron chi connectivity index (χ1n) is 8.77. The smallest absolute Gasteiger partial charge is 0.240 e. The van der Waals surface area contributed by atoms with Crippen LogP contribution in [0.15, 0.2) is 36.7 Å². The van der Waals surface area contributed by atoms with Gasteiger partial charge in [0.25, 0.3) is 0 Å². The van der Waals surface area contributed by atoms with E-state index in [-0.39, 0.29) is 11.9 Å². The highest BCUT2D eigenvalue weighted by Gasteiger charge is 2.39. The van der Waals surface area contributed by atoms with Crippen molar-refractivity contribution in [1.29, 1.82) is 0 Å². The fraction of sp³-hybridized carbons (Fsp3) is 0.474. The molecule has 1 saturated heterocycles. The molecule has 1 fully saturated rings. The van der Waals surface area contributed by atoms with Crippen molar-refractivity contribution >= 4 is 5.91 Å². The number of carbonyl (C=O) groups excluding carboxylic acids is 1. The Morgan fingerprint density at radius 2 is 2.16 bits per heavy atom. The van der Waals surface area contributed by atoms with Crippen LogP contribution in [0.3, 0.4) is 0 Å². The second-order valence-corrected chi connectivity index (χ2v) is 7.15. The Morgan fingerprint density at radius 1 is 1.36 bits per heavy atom. The quantitative estimate of drug-likeness (QED) is 0.893. The van der Waals surface area contributed by atoms with Crippen molar-refractivity contribution in [3.05, 3.63) is 53.3 Å². The van der Waals surface area contributed by atoms with Gasteiger partial charge in [-0.25, -0.2) is 0 Å². The van der Waals surface area contributed by atoms with Crippen LogP contribution in [-0.2, 0) is 35.1 Å². The molecule has 2 aromatic rings. The summed E-state index contributed by atoms with van der Waals surface area (Å²) < 4.78 is 7.79. The first kappa shape index (κ1) is 16.3. The van der Waals surface area contributed by atoms with Crippen molar-refractivity contribution in [1.82, 2.24) is 20.0 Å². The zero-order chi connectivity index (χ0) is 17.4. The van der Waals surface area contributed by atoms with Crippen molar-refractivity contribution in [2.75, 3.05) is 19.7 Å². The van der Waals surface area contributed by atoms with Gasteiger partial charge in [0, 0.05) is 31.9 Å². The molecule has 2 aliphatic rings. The number of hydrogen-bond acceptors (Lipinski definition) is 4. The third-order valence-corrected chi connectivity index (χ3v) is 5.28. The molecule has 0 spiro atoms. The number of nitrogens with one attached hydrogen (secondary N) is 1. The average Bonchev–Trinajstić information content (AvgIpc) is 3.08. The Balaban J connectivity index is 1.49. The molecular weight excluding hydrogens is 316 g/mol. The lowest BCUT2D eigenvalue weighted by Crippen LogP contribution is -2.56. The Morgan fingerprint density at radius 3 is 2.92 bits per heavy atom. The first-order valence-corrected chi connectivity index (χ1v) is 8.77. The third kappa shape index (κ3) is 3.07. The molecule has 0 saturated carbocycles. The van der Waals surface area contributed by atoms with Crippen molar-refractivity contribution in [3.63, 3.8) is 0 Å². The van der Waals surface area contributed by atoms with E-state index in [1.807, 2.05) is 43.4 Å². The van der Waals surface area contributed by atoms with Crippen LogP contribution in [0.2, 0.25) is 0 Å². The predicted octanol–water partition coefficient (Wildman–Crippen LogP) is 1.21. The largest absolute Gasteiger partial charge is 0.367 e. The molecule has 0 radical (unpaired) electrons. The summed E-state index contributed by atoms with van der Waals surface area (Å²) in [5.41, 5.74) is 3.06. The number of hydrogen-bond donors (Lipinski definition) is 1. The van der Waals surface area contributed by atoms with Gasteiger partial charge < -0.3 is 15.0 Å². The monoisotopic (exact) mass is 340 g/mol. The molecule has 1 amide bonds. The van der Waals surface area contributed by atoms with Gasteiger partial charge in [0.15, 0.2) is 0 Å². The maximum atomic E-state index is 13.1. The minimum absolute atomic E-state index is 0.160. The predicted molar refractivity (Wildman–Crippen MR) is 93.9 cm³/mol. The lowest BCUT2D eigenvalue weighted by molar-refractivity contribution is -0.151. The summed E-state index contributed by atoms with van der Waals surface area (Å²) in [6, 6.07) is 8.17. The van der Waals surface area contributed by atoms with Crippen LogP contribution >= 0.6 is 0 Å². The molecule has 3 heterocycles. The number of aromatic nitrogens is 2. The molecule has 1 aromatic heterocycles. The fourth-order valence-electron chi connectivity index (χ4n) is 3.78. The Labute approximate surface area is 147 Å². The molecule has 2 aliphatic heterocycles. The van der Waals surface area contributed by atoms with E-state index in [9.17, 15) is 4.79 Å². The van der Waals surface area contributed by atoms with Crippen LogP contribution in [0.1, 0.15) is 23.6 Å². The third-order valence-electron chi connectivity index (χ3n) is 5.28. The molecule has 1 aromatic carbocycles. The number of fused-ring (bicyclic) bond motifs is 1. The van der Waals surface area contributed by atoms with E-state index in [0.29, 0.717) is 19.7 Å². The zero-order valence-electron chi connectivity index (χ0n) is 14.7. The van der Waals surface area contributed by atoms with E-state index >= 15 is 0 Å². The molecule has 2 atom stereocenters. The molecule has 6 heteroatoms. The molecule has 6 nitrogen and oxygen atoms in total. The zero-order valence-corrected chi connectivity index (χ0v) is 14.7. The normalized spacial score (nSPS) is 26.3. The molecule has 0 unspecified atom stereocenters. The van der Waals surface area contributed by atoms with Crippen LogP contribution in [0.4, 0.5) is 0 Å². The van der Waals surface area contributed by atoms with E-state index < -0.39 is 5.60 Å². The van der Waals surface area contributed by atoms with Gasteiger partial charge in [-0.05, 0) is 24.5 Å². The number of rotatable bonds is 2. The average molecular weight is 340 g/mol. The van der Waals surface area contributed by atoms with Crippen molar-refractivity contribution in [2.45, 2.75) is 31.5 Å². The second-order valence-electron chi connectivity index (χ2n) is 7.15. The number of amides is 1. The molecule has 0 bridgehead atoms. The summed E-state index contributed by atoms with van der Waals surface area (Å²) in [5, 5.41) is 7.64. The van der Waals surface area contributed by atoms with Crippen LogP contribution in [0.25, 0.3) is 0 Å². The number of morpholine rings is 1. The molecule has 0 aliphatic carbocycles. The van der Waals surface area contributed by atoms with E-state index in [1.54, 1.807) is 4.68 Å². The number of benzene rings is 1. The maximum Gasteiger partial charge on any atom is 0.240 e. The van der Waals surface area contributed by atoms with E-state index in [4.69, 9.17) is 4.74 Å². The highest BCUT2D eigenvalue weighted by atomic mass is 16.5. The van der Waals surface area contributed by atoms with Gasteiger partial charge in [0.05, 0.1) is 25.4 Å². The van der Waals surface area contributed by atoms with Crippen LogP contribution < -0.4 is 5.32 Å². The topological polar surface area (TPSA) is 59.4 Å². The van der Waals surface area contributed by atoms with Gasteiger partial charge in [-0.1, -0.05) is 24.3 Å². The molecule has 132 valence electrons. The highest BCUT2D eigenvalue weighted by Crippen LogP contribution is 2.29. The summed E-state index contributed by atoms with van der Waals surface area (Å²) in [5.74, 6) is 0.160. The molecular formula is C19H24N4O2. The number of nitrogens with zero attached hydrogens (tertiary/aromatic N) is 3. The van der Waals surface area contributed by atoms with Crippen molar-refractivity contribution in [2.24, 2.45) is 7.05 Å². The highest BCUT2D eigenvalue weighted by molar-refractivity contribution is 5.82. The van der Waals surface area contributed by atoms with E-state index in [1.165, 1.54) is 11.1 Å². The fourth-order valence-corrected chi connectivity index (χ4v) is 3.78. The van der Waals surface area contributed by atoms with Crippen LogP contribution in [0.5, 0.6) is 0 Å². The standard InChI is InChI=1S/C19H24N4O2/c1-19(16-11-21-22(2)12-16)13-23(7-8-25-19)18(24)17-9-14-5-3-4-6-15(14)10-20-17/h3-6,11-12,17,20H,7-10,13H2,1-2H3/t17-,19+/m1/s1. The van der Waals surface area contributed by atoms with Gasteiger partial charge in [-0.2, -0.15) is 5.10 Å². The van der Waals surface area contributed by atoms with Gasteiger partial charge in [0.1, 0.15) is 5.60 Å². The minimum Gasteiger partial charge on any atom is -0.367 e. The summed E-state index contributed by atoms with van der Waals surface area (Å²) >= 11 is 0. The Hall–Kier alpha value is -2.18. The van der Waals surface area contributed by atoms with Gasteiger partial charge in [0.2, 0.25) is 5.91 Å². The van der Waals surface area contributed by atoms with Gasteiger partial charge in [-0.15, -0.1) is 0 Å². The maximum absolute atomic E-state index is 13.1. The Kier molecular flexibility index (Phi) is 4.09. The summed E-state index contributed by atoms with van der Waals surface area (Å²) in [6.07, 6.45) is 4.53. The van der Waals surface area contributed by atoms with Gasteiger partial charge >= 0.3 is 0 Å². The SMILES string of the molecule is Cn1cc([C@]2(C)CN(C(=O)[C@H]3Cc4ccccc4CN3)CCO2)cn1. The summed E-state index contributed by atoms with van der Waals surface area (Å²) in [4.78, 5) is 15.0. The lowest BCUT2D eigenvalue weighted by atomic mass is 9.93. The van der Waals surface area contributed by atoms with E-state index in [0.717, 1.165) is 18.5 Å². The summed E-state index contributed by atoms with van der Waals surface area (Å²) in [6.45, 7) is 4.51. The minimum atomic E-state index is -0.505. The van der Waals surface area contributed by atoms with E-state index in [2.05, 4.69) is 22.5 Å². The molecule has 1 N–H and O–H groups in total. The van der Waals surface area contributed by atoms with Crippen molar-refractivity contribution in [3.8, 4) is 0 Å². The molecule has 25 heavy (non-hydrogen) atoms. The first-order chi connectivity index (χ1) is 12.0.